The topological polar surface area (TPSA) is 74.6 Å². The van der Waals surface area contributed by atoms with Gasteiger partial charge >= 0.3 is 5.97 Å². The molecule has 0 amide bonds. The maximum absolute atomic E-state index is 12.8. The molecule has 86 valence electrons. The van der Waals surface area contributed by atoms with Crippen molar-refractivity contribution in [1.82, 2.24) is 0 Å². The van der Waals surface area contributed by atoms with Crippen molar-refractivity contribution >= 4 is 11.8 Å². The zero-order valence-electron chi connectivity index (χ0n) is 8.39. The number of ketones is 1. The van der Waals surface area contributed by atoms with Crippen LogP contribution in [-0.2, 0) is 9.59 Å². The van der Waals surface area contributed by atoms with Gasteiger partial charge < -0.3 is 10.2 Å². The molecule has 0 saturated carbocycles. The van der Waals surface area contributed by atoms with Crippen LogP contribution >= 0.6 is 0 Å². The lowest BCUT2D eigenvalue weighted by molar-refractivity contribution is -0.139. The number of carboxylic acid groups (broad SMARTS) is 1. The molecule has 0 aliphatic carbocycles. The Bertz CT molecular complexity index is 403. The van der Waals surface area contributed by atoms with Crippen molar-refractivity contribution in [3.63, 3.8) is 0 Å². The molecular weight excluding hydrogens is 215 g/mol. The summed E-state index contributed by atoms with van der Waals surface area (Å²) in [4.78, 5) is 21.5. The first kappa shape index (κ1) is 12.3. The lowest BCUT2D eigenvalue weighted by atomic mass is 10.0. The molecule has 0 aliphatic heterocycles. The van der Waals surface area contributed by atoms with Crippen LogP contribution in [0.25, 0.3) is 0 Å². The summed E-state index contributed by atoms with van der Waals surface area (Å²) in [5.74, 6) is -2.30. The number of aliphatic hydroxyl groups is 1. The number of carbonyl (C=O) groups excluding carboxylic acids is 1. The highest BCUT2D eigenvalue weighted by atomic mass is 19.1. The van der Waals surface area contributed by atoms with Gasteiger partial charge in [0.15, 0.2) is 5.78 Å². The van der Waals surface area contributed by atoms with Gasteiger partial charge in [-0.05, 0) is 17.7 Å². The number of aliphatic hydroxyl groups excluding tert-OH is 1. The minimum atomic E-state index is -1.46. The van der Waals surface area contributed by atoms with E-state index in [-0.39, 0.29) is 18.4 Å². The molecule has 2 N–H and O–H groups in total. The number of halogens is 1. The molecular formula is C11H11FO4. The fourth-order valence-electron chi connectivity index (χ4n) is 1.23. The minimum Gasteiger partial charge on any atom is -0.481 e. The van der Waals surface area contributed by atoms with E-state index in [9.17, 15) is 19.1 Å². The largest absolute Gasteiger partial charge is 0.481 e. The van der Waals surface area contributed by atoms with E-state index < -0.39 is 23.7 Å². The number of aliphatic carboxylic acids is 1. The lowest BCUT2D eigenvalue weighted by Gasteiger charge is -2.08. The molecule has 0 bridgehead atoms. The van der Waals surface area contributed by atoms with Crippen molar-refractivity contribution in [1.29, 1.82) is 0 Å². The number of hydrogen-bond acceptors (Lipinski definition) is 3. The van der Waals surface area contributed by atoms with E-state index in [1.807, 2.05) is 0 Å². The van der Waals surface area contributed by atoms with Gasteiger partial charge in [-0.1, -0.05) is 12.1 Å². The molecule has 0 saturated heterocycles. The Hall–Kier alpha value is -1.75. The molecule has 0 heterocycles. The van der Waals surface area contributed by atoms with Gasteiger partial charge in [0, 0.05) is 6.42 Å². The van der Waals surface area contributed by atoms with E-state index in [1.165, 1.54) is 18.2 Å². The Morgan fingerprint density at radius 1 is 1.31 bits per heavy atom. The van der Waals surface area contributed by atoms with Crippen molar-refractivity contribution in [2.75, 3.05) is 0 Å². The Labute approximate surface area is 91.3 Å². The first-order valence-corrected chi connectivity index (χ1v) is 4.68. The first-order valence-electron chi connectivity index (χ1n) is 4.68. The van der Waals surface area contributed by atoms with Gasteiger partial charge in [-0.25, -0.2) is 4.39 Å². The smallest absolute Gasteiger partial charge is 0.303 e. The van der Waals surface area contributed by atoms with E-state index in [4.69, 9.17) is 5.11 Å². The number of carboxylic acids is 1. The summed E-state index contributed by atoms with van der Waals surface area (Å²) < 4.78 is 12.8. The molecule has 1 atom stereocenters. The van der Waals surface area contributed by atoms with Crippen molar-refractivity contribution in [2.24, 2.45) is 0 Å². The second-order valence-corrected chi connectivity index (χ2v) is 3.32. The summed E-state index contributed by atoms with van der Waals surface area (Å²) in [6.07, 6.45) is -2.08. The van der Waals surface area contributed by atoms with E-state index in [2.05, 4.69) is 0 Å². The third-order valence-corrected chi connectivity index (χ3v) is 2.05. The third-order valence-electron chi connectivity index (χ3n) is 2.05. The zero-order chi connectivity index (χ0) is 12.1. The molecule has 0 aliphatic rings. The third kappa shape index (κ3) is 3.43. The van der Waals surface area contributed by atoms with Gasteiger partial charge in [0.2, 0.25) is 0 Å². The highest BCUT2D eigenvalue weighted by molar-refractivity contribution is 5.86. The maximum atomic E-state index is 12.8. The Balaban J connectivity index is 2.66. The quantitative estimate of drug-likeness (QED) is 0.793. The summed E-state index contributed by atoms with van der Waals surface area (Å²) in [5, 5.41) is 17.9. The summed E-state index contributed by atoms with van der Waals surface area (Å²) in [6.45, 7) is 0. The molecule has 0 radical (unpaired) electrons. The SMILES string of the molecule is O=C(O)CCC(=O)[C@H](O)c1cccc(F)c1. The standard InChI is InChI=1S/C11H11FO4/c12-8-3-1-2-7(6-8)11(16)9(13)4-5-10(14)15/h1-3,6,11,16H,4-5H2,(H,14,15)/t11-/m1/s1. The van der Waals surface area contributed by atoms with Gasteiger partial charge in [-0.3, -0.25) is 9.59 Å². The van der Waals surface area contributed by atoms with Crippen LogP contribution < -0.4 is 0 Å². The summed E-state index contributed by atoms with van der Waals surface area (Å²) >= 11 is 0. The number of carbonyl (C=O) groups is 2. The van der Waals surface area contributed by atoms with E-state index >= 15 is 0 Å². The Morgan fingerprint density at radius 2 is 2.00 bits per heavy atom. The second kappa shape index (κ2) is 5.37. The van der Waals surface area contributed by atoms with Crippen LogP contribution in [0.5, 0.6) is 0 Å². The van der Waals surface area contributed by atoms with Gasteiger partial charge in [-0.2, -0.15) is 0 Å². The molecule has 1 rings (SSSR count). The van der Waals surface area contributed by atoms with Crippen LogP contribution in [0.1, 0.15) is 24.5 Å². The Kier molecular flexibility index (Phi) is 4.13. The minimum absolute atomic E-state index is 0.135. The number of hydrogen-bond donors (Lipinski definition) is 2. The van der Waals surface area contributed by atoms with E-state index in [0.29, 0.717) is 0 Å². The fourth-order valence-corrected chi connectivity index (χ4v) is 1.23. The van der Waals surface area contributed by atoms with Gasteiger partial charge in [0.25, 0.3) is 0 Å². The highest BCUT2D eigenvalue weighted by Gasteiger charge is 2.18. The van der Waals surface area contributed by atoms with Crippen molar-refractivity contribution in [3.8, 4) is 0 Å². The molecule has 0 fully saturated rings. The predicted molar refractivity (Wildman–Crippen MR) is 53.2 cm³/mol. The van der Waals surface area contributed by atoms with Crippen LogP contribution in [0.4, 0.5) is 4.39 Å². The maximum Gasteiger partial charge on any atom is 0.303 e. The number of Topliss-reactive ketones (excluding diaryl/α,β-unsaturated/α-hetero) is 1. The van der Waals surface area contributed by atoms with Gasteiger partial charge in [-0.15, -0.1) is 0 Å². The molecule has 16 heavy (non-hydrogen) atoms. The second-order valence-electron chi connectivity index (χ2n) is 3.32. The molecule has 4 nitrogen and oxygen atoms in total. The molecule has 1 aromatic carbocycles. The fraction of sp³-hybridized carbons (Fsp3) is 0.273. The summed E-state index contributed by atoms with van der Waals surface area (Å²) in [7, 11) is 0. The molecule has 0 spiro atoms. The normalized spacial score (nSPS) is 12.1. The predicted octanol–water partition coefficient (Wildman–Crippen LogP) is 1.29. The average Bonchev–Trinajstić information content (AvgIpc) is 2.24. The molecule has 1 aromatic rings. The molecule has 5 heteroatoms. The first-order chi connectivity index (χ1) is 7.50. The molecule has 0 unspecified atom stereocenters. The van der Waals surface area contributed by atoms with Gasteiger partial charge in [0.05, 0.1) is 6.42 Å². The van der Waals surface area contributed by atoms with Crippen LogP contribution in [-0.4, -0.2) is 22.0 Å². The van der Waals surface area contributed by atoms with Crippen molar-refractivity contribution in [3.05, 3.63) is 35.6 Å². The summed E-state index contributed by atoms with van der Waals surface area (Å²) in [5.41, 5.74) is 0.135. The van der Waals surface area contributed by atoms with Crippen molar-refractivity contribution < 1.29 is 24.2 Å². The molecule has 0 aromatic heterocycles. The van der Waals surface area contributed by atoms with Crippen LogP contribution in [0.15, 0.2) is 24.3 Å². The highest BCUT2D eigenvalue weighted by Crippen LogP contribution is 2.16. The Morgan fingerprint density at radius 3 is 2.56 bits per heavy atom. The number of rotatable bonds is 5. The lowest BCUT2D eigenvalue weighted by Crippen LogP contribution is -2.13. The van der Waals surface area contributed by atoms with Crippen molar-refractivity contribution in [2.45, 2.75) is 18.9 Å². The van der Waals surface area contributed by atoms with E-state index in [1.54, 1.807) is 0 Å². The van der Waals surface area contributed by atoms with Gasteiger partial charge in [0.1, 0.15) is 11.9 Å². The number of benzene rings is 1. The monoisotopic (exact) mass is 226 g/mol. The van der Waals surface area contributed by atoms with E-state index in [0.717, 1.165) is 6.07 Å². The van der Waals surface area contributed by atoms with Crippen LogP contribution in [0.3, 0.4) is 0 Å². The summed E-state index contributed by atoms with van der Waals surface area (Å²) in [6, 6.07) is 5.02. The zero-order valence-corrected chi connectivity index (χ0v) is 8.39. The van der Waals surface area contributed by atoms with Crippen LogP contribution in [0.2, 0.25) is 0 Å². The van der Waals surface area contributed by atoms with Crippen LogP contribution in [0, 0.1) is 5.82 Å². The average molecular weight is 226 g/mol.